The van der Waals surface area contributed by atoms with Crippen LogP contribution in [0.25, 0.3) is 0 Å². The molecule has 0 heterocycles. The molecule has 1 fully saturated rings. The molecule has 3 N–H and O–H groups in total. The molecule has 0 aromatic carbocycles. The Labute approximate surface area is 88.6 Å². The van der Waals surface area contributed by atoms with Crippen molar-refractivity contribution in [3.05, 3.63) is 0 Å². The molecule has 0 amide bonds. The maximum atomic E-state index is 5.95. The monoisotopic (exact) mass is 198 g/mol. The molecule has 2 heteroatoms. The van der Waals surface area contributed by atoms with Crippen LogP contribution in [0.5, 0.6) is 0 Å². The van der Waals surface area contributed by atoms with E-state index in [2.05, 4.69) is 19.2 Å². The third-order valence-corrected chi connectivity index (χ3v) is 3.25. The smallest absolute Gasteiger partial charge is 0.00819 e. The first-order chi connectivity index (χ1) is 6.72. The van der Waals surface area contributed by atoms with Crippen molar-refractivity contribution in [2.45, 2.75) is 64.5 Å². The van der Waals surface area contributed by atoms with Crippen molar-refractivity contribution in [1.29, 1.82) is 0 Å². The second-order valence-corrected chi connectivity index (χ2v) is 4.93. The average molecular weight is 198 g/mol. The topological polar surface area (TPSA) is 38.0 Å². The summed E-state index contributed by atoms with van der Waals surface area (Å²) in [5.41, 5.74) is 5.95. The highest BCUT2D eigenvalue weighted by molar-refractivity contribution is 4.80. The molecule has 0 aromatic rings. The SMILES string of the molecule is CCCC(C)CNC1CCCC(N)C1. The highest BCUT2D eigenvalue weighted by Gasteiger charge is 2.18. The van der Waals surface area contributed by atoms with Crippen LogP contribution in [0.15, 0.2) is 0 Å². The summed E-state index contributed by atoms with van der Waals surface area (Å²) in [5, 5.41) is 3.66. The molecule has 0 spiro atoms. The molecule has 1 rings (SSSR count). The molecule has 0 radical (unpaired) electrons. The number of nitrogens with one attached hydrogen (secondary N) is 1. The van der Waals surface area contributed by atoms with E-state index in [1.165, 1.54) is 45.1 Å². The standard InChI is InChI=1S/C12H26N2/c1-3-5-10(2)9-14-12-7-4-6-11(13)8-12/h10-12,14H,3-9,13H2,1-2H3. The molecule has 1 saturated carbocycles. The van der Waals surface area contributed by atoms with Crippen LogP contribution in [0.1, 0.15) is 52.4 Å². The van der Waals surface area contributed by atoms with Gasteiger partial charge in [0, 0.05) is 12.1 Å². The Balaban J connectivity index is 2.10. The zero-order valence-electron chi connectivity index (χ0n) is 9.76. The van der Waals surface area contributed by atoms with Crippen molar-refractivity contribution >= 4 is 0 Å². The van der Waals surface area contributed by atoms with Gasteiger partial charge in [-0.2, -0.15) is 0 Å². The van der Waals surface area contributed by atoms with E-state index in [0.717, 1.165) is 5.92 Å². The van der Waals surface area contributed by atoms with E-state index in [9.17, 15) is 0 Å². The Morgan fingerprint density at radius 2 is 2.21 bits per heavy atom. The molecule has 3 unspecified atom stereocenters. The molecule has 0 saturated heterocycles. The van der Waals surface area contributed by atoms with Crippen LogP contribution in [0.4, 0.5) is 0 Å². The summed E-state index contributed by atoms with van der Waals surface area (Å²) < 4.78 is 0. The number of hydrogen-bond donors (Lipinski definition) is 2. The maximum Gasteiger partial charge on any atom is 0.00819 e. The molecule has 3 atom stereocenters. The number of hydrogen-bond acceptors (Lipinski definition) is 2. The van der Waals surface area contributed by atoms with Crippen LogP contribution in [0, 0.1) is 5.92 Å². The van der Waals surface area contributed by atoms with E-state index in [4.69, 9.17) is 5.73 Å². The van der Waals surface area contributed by atoms with Gasteiger partial charge in [-0.05, 0) is 38.1 Å². The second-order valence-electron chi connectivity index (χ2n) is 4.93. The third kappa shape index (κ3) is 4.43. The predicted octanol–water partition coefficient (Wildman–Crippen LogP) is 2.28. The van der Waals surface area contributed by atoms with E-state index < -0.39 is 0 Å². The fourth-order valence-corrected chi connectivity index (χ4v) is 2.38. The van der Waals surface area contributed by atoms with Gasteiger partial charge in [0.1, 0.15) is 0 Å². The van der Waals surface area contributed by atoms with Crippen molar-refractivity contribution in [1.82, 2.24) is 5.32 Å². The summed E-state index contributed by atoms with van der Waals surface area (Å²) in [6, 6.07) is 1.14. The van der Waals surface area contributed by atoms with Gasteiger partial charge in [0.15, 0.2) is 0 Å². The zero-order valence-corrected chi connectivity index (χ0v) is 9.76. The lowest BCUT2D eigenvalue weighted by atomic mass is 9.91. The quantitative estimate of drug-likeness (QED) is 0.711. The summed E-state index contributed by atoms with van der Waals surface area (Å²) in [5.74, 6) is 0.818. The van der Waals surface area contributed by atoms with Crippen LogP contribution in [0.2, 0.25) is 0 Å². The highest BCUT2D eigenvalue weighted by atomic mass is 14.9. The Kier molecular flexibility index (Phi) is 5.49. The molecular weight excluding hydrogens is 172 g/mol. The summed E-state index contributed by atoms with van der Waals surface area (Å²) in [6.07, 6.45) is 7.67. The maximum absolute atomic E-state index is 5.95. The second kappa shape index (κ2) is 6.41. The minimum Gasteiger partial charge on any atom is -0.328 e. The van der Waals surface area contributed by atoms with Crippen molar-refractivity contribution in [2.24, 2.45) is 11.7 Å². The van der Waals surface area contributed by atoms with Gasteiger partial charge in [-0.3, -0.25) is 0 Å². The van der Waals surface area contributed by atoms with Crippen molar-refractivity contribution in [2.75, 3.05) is 6.54 Å². The molecule has 1 aliphatic rings. The average Bonchev–Trinajstić information content (AvgIpc) is 2.15. The molecule has 14 heavy (non-hydrogen) atoms. The van der Waals surface area contributed by atoms with Crippen LogP contribution in [0.3, 0.4) is 0 Å². The lowest BCUT2D eigenvalue weighted by Gasteiger charge is -2.28. The minimum atomic E-state index is 0.447. The summed E-state index contributed by atoms with van der Waals surface area (Å²) >= 11 is 0. The van der Waals surface area contributed by atoms with E-state index in [-0.39, 0.29) is 0 Å². The Hall–Kier alpha value is -0.0800. The molecule has 84 valence electrons. The van der Waals surface area contributed by atoms with Gasteiger partial charge in [-0.15, -0.1) is 0 Å². The Bertz CT molecular complexity index is 147. The van der Waals surface area contributed by atoms with Gasteiger partial charge in [0.25, 0.3) is 0 Å². The number of nitrogens with two attached hydrogens (primary N) is 1. The van der Waals surface area contributed by atoms with E-state index in [0.29, 0.717) is 12.1 Å². The lowest BCUT2D eigenvalue weighted by Crippen LogP contribution is -2.40. The minimum absolute atomic E-state index is 0.447. The molecule has 1 aliphatic carbocycles. The van der Waals surface area contributed by atoms with Crippen molar-refractivity contribution in [3.8, 4) is 0 Å². The van der Waals surface area contributed by atoms with E-state index >= 15 is 0 Å². The van der Waals surface area contributed by atoms with E-state index in [1.807, 2.05) is 0 Å². The summed E-state index contributed by atoms with van der Waals surface area (Å²) in [7, 11) is 0. The highest BCUT2D eigenvalue weighted by Crippen LogP contribution is 2.17. The fraction of sp³-hybridized carbons (Fsp3) is 1.00. The number of rotatable bonds is 5. The van der Waals surface area contributed by atoms with Gasteiger partial charge < -0.3 is 11.1 Å². The molecule has 0 bridgehead atoms. The Morgan fingerprint density at radius 3 is 2.86 bits per heavy atom. The van der Waals surface area contributed by atoms with Crippen LogP contribution in [-0.2, 0) is 0 Å². The van der Waals surface area contributed by atoms with E-state index in [1.54, 1.807) is 0 Å². The van der Waals surface area contributed by atoms with Gasteiger partial charge >= 0.3 is 0 Å². The summed E-state index contributed by atoms with van der Waals surface area (Å²) in [4.78, 5) is 0. The lowest BCUT2D eigenvalue weighted by molar-refractivity contribution is 0.321. The Morgan fingerprint density at radius 1 is 1.43 bits per heavy atom. The normalized spacial score (nSPS) is 30.2. The predicted molar refractivity (Wildman–Crippen MR) is 62.3 cm³/mol. The fourth-order valence-electron chi connectivity index (χ4n) is 2.38. The van der Waals surface area contributed by atoms with Crippen molar-refractivity contribution < 1.29 is 0 Å². The van der Waals surface area contributed by atoms with Crippen LogP contribution < -0.4 is 11.1 Å². The van der Waals surface area contributed by atoms with Gasteiger partial charge in [0.2, 0.25) is 0 Å². The first-order valence-corrected chi connectivity index (χ1v) is 6.21. The van der Waals surface area contributed by atoms with Crippen molar-refractivity contribution in [3.63, 3.8) is 0 Å². The molecular formula is C12H26N2. The first kappa shape index (κ1) is 12.0. The van der Waals surface area contributed by atoms with Gasteiger partial charge in [-0.1, -0.05) is 26.7 Å². The van der Waals surface area contributed by atoms with Gasteiger partial charge in [0.05, 0.1) is 0 Å². The summed E-state index contributed by atoms with van der Waals surface area (Å²) in [6.45, 7) is 5.76. The third-order valence-electron chi connectivity index (χ3n) is 3.25. The first-order valence-electron chi connectivity index (χ1n) is 6.21. The molecule has 2 nitrogen and oxygen atoms in total. The zero-order chi connectivity index (χ0) is 10.4. The van der Waals surface area contributed by atoms with Crippen LogP contribution >= 0.6 is 0 Å². The van der Waals surface area contributed by atoms with Crippen LogP contribution in [-0.4, -0.2) is 18.6 Å². The molecule has 0 aromatic heterocycles. The largest absolute Gasteiger partial charge is 0.328 e. The molecule has 0 aliphatic heterocycles. The van der Waals surface area contributed by atoms with Gasteiger partial charge in [-0.25, -0.2) is 0 Å².